The molecule has 0 amide bonds. The number of hydrogen-bond acceptors (Lipinski definition) is 6. The number of nitrogens with zero attached hydrogens (tertiary/aromatic N) is 6. The minimum Gasteiger partial charge on any atom is -0.474 e. The van der Waals surface area contributed by atoms with Gasteiger partial charge in [-0.1, -0.05) is 6.42 Å². The highest BCUT2D eigenvalue weighted by Crippen LogP contribution is 2.22. The summed E-state index contributed by atoms with van der Waals surface area (Å²) in [6.07, 6.45) is 11.8. The van der Waals surface area contributed by atoms with Crippen LogP contribution in [-0.2, 0) is 6.54 Å². The molecule has 1 aliphatic carbocycles. The van der Waals surface area contributed by atoms with E-state index in [1.807, 2.05) is 24.4 Å². The minimum absolute atomic E-state index is 0.308. The molecule has 0 radical (unpaired) electrons. The molecule has 0 spiro atoms. The molecule has 166 valence electrons. The molecule has 2 fully saturated rings. The van der Waals surface area contributed by atoms with Gasteiger partial charge in [0, 0.05) is 57.4 Å². The molecular weight excluding hydrogens is 390 g/mol. The molecule has 31 heavy (non-hydrogen) atoms. The fraction of sp³-hybridized carbons (Fsp3) is 0.565. The number of piperazine rings is 1. The van der Waals surface area contributed by atoms with Crippen LogP contribution < -0.4 is 15.0 Å². The minimum atomic E-state index is 0.308. The third-order valence-corrected chi connectivity index (χ3v) is 5.80. The molecule has 1 saturated heterocycles. The van der Waals surface area contributed by atoms with Crippen molar-refractivity contribution < 1.29 is 4.74 Å². The van der Waals surface area contributed by atoms with E-state index in [0.717, 1.165) is 68.9 Å². The Bertz CT molecular complexity index is 831. The van der Waals surface area contributed by atoms with Crippen molar-refractivity contribution in [3.8, 4) is 5.88 Å². The smallest absolute Gasteiger partial charge is 0.225 e. The second-order valence-electron chi connectivity index (χ2n) is 8.07. The van der Waals surface area contributed by atoms with Crippen molar-refractivity contribution in [3.05, 3.63) is 42.4 Å². The summed E-state index contributed by atoms with van der Waals surface area (Å²) in [6.45, 7) is 7.08. The van der Waals surface area contributed by atoms with E-state index in [4.69, 9.17) is 9.73 Å². The van der Waals surface area contributed by atoms with Crippen molar-refractivity contribution in [1.82, 2.24) is 25.2 Å². The number of aromatic nitrogens is 3. The summed E-state index contributed by atoms with van der Waals surface area (Å²) in [7, 11) is 0. The van der Waals surface area contributed by atoms with Gasteiger partial charge in [-0.15, -0.1) is 0 Å². The van der Waals surface area contributed by atoms with E-state index in [1.165, 1.54) is 19.3 Å². The van der Waals surface area contributed by atoms with Crippen LogP contribution in [0, 0.1) is 0 Å². The first kappa shape index (κ1) is 21.3. The van der Waals surface area contributed by atoms with E-state index in [0.29, 0.717) is 12.6 Å². The van der Waals surface area contributed by atoms with Gasteiger partial charge in [-0.3, -0.25) is 0 Å². The predicted molar refractivity (Wildman–Crippen MR) is 122 cm³/mol. The number of aliphatic imine (C=N–C) groups is 1. The van der Waals surface area contributed by atoms with E-state index >= 15 is 0 Å². The number of guanidine groups is 1. The summed E-state index contributed by atoms with van der Waals surface area (Å²) in [5.74, 6) is 2.47. The highest BCUT2D eigenvalue weighted by molar-refractivity contribution is 5.80. The lowest BCUT2D eigenvalue weighted by molar-refractivity contribution is 0.148. The number of rotatable bonds is 6. The zero-order valence-electron chi connectivity index (χ0n) is 18.4. The second kappa shape index (κ2) is 10.9. The third kappa shape index (κ3) is 6.06. The molecule has 0 unspecified atom stereocenters. The van der Waals surface area contributed by atoms with Crippen LogP contribution in [0.1, 0.15) is 44.6 Å². The second-order valence-corrected chi connectivity index (χ2v) is 8.07. The maximum atomic E-state index is 6.12. The standard InChI is InChI=1S/C23H33N7O/c1-2-24-22(29-13-15-30(16-14-29)23-26-10-6-11-27-23)28-18-19-9-12-25-21(17-19)31-20-7-4-3-5-8-20/h6,9-12,17,20H,2-5,7-8,13-16,18H2,1H3,(H,24,28). The maximum Gasteiger partial charge on any atom is 0.225 e. The van der Waals surface area contributed by atoms with Crippen LogP contribution in [-0.4, -0.2) is 64.6 Å². The van der Waals surface area contributed by atoms with E-state index in [2.05, 4.69) is 37.0 Å². The number of nitrogens with one attached hydrogen (secondary N) is 1. The van der Waals surface area contributed by atoms with Gasteiger partial charge in [-0.2, -0.15) is 0 Å². The van der Waals surface area contributed by atoms with Crippen LogP contribution in [0.3, 0.4) is 0 Å². The van der Waals surface area contributed by atoms with Crippen molar-refractivity contribution in [2.24, 2.45) is 4.99 Å². The molecule has 8 nitrogen and oxygen atoms in total. The Morgan fingerprint density at radius 2 is 1.84 bits per heavy atom. The normalized spacial score (nSPS) is 18.2. The molecule has 0 bridgehead atoms. The van der Waals surface area contributed by atoms with Crippen molar-refractivity contribution in [1.29, 1.82) is 0 Å². The van der Waals surface area contributed by atoms with Gasteiger partial charge in [0.2, 0.25) is 11.8 Å². The largest absolute Gasteiger partial charge is 0.474 e. The Hall–Kier alpha value is -2.90. The molecule has 1 saturated carbocycles. The summed E-state index contributed by atoms with van der Waals surface area (Å²) in [5, 5.41) is 3.44. The molecule has 2 aromatic rings. The van der Waals surface area contributed by atoms with Gasteiger partial charge in [0.25, 0.3) is 0 Å². The lowest BCUT2D eigenvalue weighted by atomic mass is 9.98. The molecule has 1 aliphatic heterocycles. The zero-order chi connectivity index (χ0) is 21.3. The first-order chi connectivity index (χ1) is 15.3. The quantitative estimate of drug-likeness (QED) is 0.565. The fourth-order valence-electron chi connectivity index (χ4n) is 4.13. The van der Waals surface area contributed by atoms with Crippen molar-refractivity contribution in [2.45, 2.75) is 51.7 Å². The van der Waals surface area contributed by atoms with Crippen molar-refractivity contribution in [2.75, 3.05) is 37.6 Å². The van der Waals surface area contributed by atoms with Gasteiger partial charge in [0.05, 0.1) is 6.54 Å². The molecule has 3 heterocycles. The van der Waals surface area contributed by atoms with Gasteiger partial charge in [0.1, 0.15) is 6.10 Å². The lowest BCUT2D eigenvalue weighted by Crippen LogP contribution is -2.52. The highest BCUT2D eigenvalue weighted by atomic mass is 16.5. The Labute approximate surface area is 184 Å². The van der Waals surface area contributed by atoms with Crippen molar-refractivity contribution in [3.63, 3.8) is 0 Å². The van der Waals surface area contributed by atoms with Gasteiger partial charge < -0.3 is 19.9 Å². The summed E-state index contributed by atoms with van der Waals surface area (Å²) in [5.41, 5.74) is 1.12. The van der Waals surface area contributed by atoms with Crippen LogP contribution in [0.2, 0.25) is 0 Å². The average Bonchev–Trinajstić information content (AvgIpc) is 2.83. The first-order valence-electron chi connectivity index (χ1n) is 11.5. The molecule has 8 heteroatoms. The Morgan fingerprint density at radius 3 is 2.58 bits per heavy atom. The van der Waals surface area contributed by atoms with Crippen LogP contribution in [0.25, 0.3) is 0 Å². The van der Waals surface area contributed by atoms with Crippen LogP contribution in [0.4, 0.5) is 5.95 Å². The molecule has 2 aromatic heterocycles. The number of ether oxygens (including phenoxy) is 1. The number of hydrogen-bond donors (Lipinski definition) is 1. The average molecular weight is 424 g/mol. The summed E-state index contributed by atoms with van der Waals surface area (Å²) < 4.78 is 6.12. The lowest BCUT2D eigenvalue weighted by Gasteiger charge is -2.36. The SMILES string of the molecule is CCNC(=NCc1ccnc(OC2CCCCC2)c1)N1CCN(c2ncccn2)CC1. The zero-order valence-corrected chi connectivity index (χ0v) is 18.4. The number of pyridine rings is 1. The molecule has 2 aliphatic rings. The summed E-state index contributed by atoms with van der Waals surface area (Å²) in [4.78, 5) is 22.6. The Kier molecular flexibility index (Phi) is 7.52. The molecule has 0 aromatic carbocycles. The van der Waals surface area contributed by atoms with Gasteiger partial charge in [-0.25, -0.2) is 19.9 Å². The maximum absolute atomic E-state index is 6.12. The van der Waals surface area contributed by atoms with Crippen molar-refractivity contribution >= 4 is 11.9 Å². The van der Waals surface area contributed by atoms with E-state index in [1.54, 1.807) is 12.4 Å². The molecule has 1 N–H and O–H groups in total. The monoisotopic (exact) mass is 423 g/mol. The van der Waals surface area contributed by atoms with Crippen LogP contribution >= 0.6 is 0 Å². The summed E-state index contributed by atoms with van der Waals surface area (Å²) >= 11 is 0. The highest BCUT2D eigenvalue weighted by Gasteiger charge is 2.21. The summed E-state index contributed by atoms with van der Waals surface area (Å²) in [6, 6.07) is 5.90. The molecule has 4 rings (SSSR count). The Morgan fingerprint density at radius 1 is 1.06 bits per heavy atom. The van der Waals surface area contributed by atoms with Gasteiger partial charge in [-0.05, 0) is 50.3 Å². The Balaban J connectivity index is 1.35. The number of anilines is 1. The molecule has 0 atom stereocenters. The third-order valence-electron chi connectivity index (χ3n) is 5.80. The topological polar surface area (TPSA) is 78.8 Å². The van der Waals surface area contributed by atoms with E-state index in [9.17, 15) is 0 Å². The van der Waals surface area contributed by atoms with Crippen LogP contribution in [0.5, 0.6) is 5.88 Å². The fourth-order valence-corrected chi connectivity index (χ4v) is 4.13. The van der Waals surface area contributed by atoms with E-state index in [-0.39, 0.29) is 0 Å². The van der Waals surface area contributed by atoms with E-state index < -0.39 is 0 Å². The van der Waals surface area contributed by atoms with Gasteiger partial charge in [0.15, 0.2) is 5.96 Å². The molecular formula is C23H33N7O. The van der Waals surface area contributed by atoms with Gasteiger partial charge >= 0.3 is 0 Å². The predicted octanol–water partition coefficient (Wildman–Crippen LogP) is 2.87. The first-order valence-corrected chi connectivity index (χ1v) is 11.5. The van der Waals surface area contributed by atoms with Crippen LogP contribution in [0.15, 0.2) is 41.8 Å².